The Kier molecular flexibility index (Phi) is 5.61. The minimum atomic E-state index is 0.389. The van der Waals surface area contributed by atoms with Gasteiger partial charge in [0.15, 0.2) is 11.0 Å². The van der Waals surface area contributed by atoms with Gasteiger partial charge in [0.05, 0.1) is 18.2 Å². The van der Waals surface area contributed by atoms with Gasteiger partial charge in [-0.15, -0.1) is 0 Å². The molecule has 32 heavy (non-hydrogen) atoms. The zero-order valence-corrected chi connectivity index (χ0v) is 17.8. The van der Waals surface area contributed by atoms with Gasteiger partial charge in [0.1, 0.15) is 0 Å². The molecule has 1 aliphatic rings. The van der Waals surface area contributed by atoms with Crippen molar-refractivity contribution in [3.63, 3.8) is 0 Å². The summed E-state index contributed by atoms with van der Waals surface area (Å²) in [5, 5.41) is 11.2. The molecule has 9 heteroatoms. The first-order chi connectivity index (χ1) is 15.8. The lowest BCUT2D eigenvalue weighted by Gasteiger charge is -2.20. The lowest BCUT2D eigenvalue weighted by molar-refractivity contribution is 0.716. The fraction of sp³-hybridized carbons (Fsp3) is 0.0870. The fourth-order valence-corrected chi connectivity index (χ4v) is 4.02. The van der Waals surface area contributed by atoms with Gasteiger partial charge in [-0.1, -0.05) is 30.3 Å². The first-order valence-electron chi connectivity index (χ1n) is 9.97. The van der Waals surface area contributed by atoms with Crippen LogP contribution >= 0.6 is 11.8 Å². The molecule has 3 heterocycles. The van der Waals surface area contributed by atoms with Crippen LogP contribution in [0.15, 0.2) is 83.1 Å². The summed E-state index contributed by atoms with van der Waals surface area (Å²) in [4.78, 5) is 19.1. The summed E-state index contributed by atoms with van der Waals surface area (Å²) in [5.41, 5.74) is 10.5. The normalized spacial score (nSPS) is 12.3. The molecule has 2 aromatic carbocycles. The Hall–Kier alpha value is -4.00. The van der Waals surface area contributed by atoms with E-state index in [0.717, 1.165) is 28.3 Å². The number of nitrogens with zero attached hydrogens (tertiary/aromatic N) is 6. The van der Waals surface area contributed by atoms with E-state index in [9.17, 15) is 0 Å². The highest BCUT2D eigenvalue weighted by Crippen LogP contribution is 2.29. The first-order valence-corrected chi connectivity index (χ1v) is 10.8. The van der Waals surface area contributed by atoms with E-state index < -0.39 is 0 Å². The summed E-state index contributed by atoms with van der Waals surface area (Å²) in [6, 6.07) is 21.9. The third kappa shape index (κ3) is 4.37. The molecule has 0 unspecified atom stereocenters. The van der Waals surface area contributed by atoms with E-state index in [4.69, 9.17) is 5.26 Å². The Morgan fingerprint density at radius 2 is 1.91 bits per heavy atom. The van der Waals surface area contributed by atoms with Crippen molar-refractivity contribution >= 4 is 23.4 Å². The van der Waals surface area contributed by atoms with Crippen molar-refractivity contribution in [2.45, 2.75) is 23.0 Å². The molecule has 0 saturated carbocycles. The predicted octanol–water partition coefficient (Wildman–Crippen LogP) is 4.00. The average Bonchev–Trinajstić information content (AvgIpc) is 3.24. The molecule has 2 N–H and O–H groups in total. The number of rotatable bonds is 6. The molecule has 0 saturated heterocycles. The number of hydrazine groups is 2. The topological polar surface area (TPSA) is 103 Å². The van der Waals surface area contributed by atoms with E-state index in [1.54, 1.807) is 12.4 Å². The molecule has 4 aromatic rings. The molecule has 156 valence electrons. The van der Waals surface area contributed by atoms with Crippen molar-refractivity contribution in [2.24, 2.45) is 0 Å². The number of fused-ring (bicyclic) bond motifs is 1. The maximum absolute atomic E-state index is 8.87. The minimum absolute atomic E-state index is 0.389. The summed E-state index contributed by atoms with van der Waals surface area (Å²) in [5.74, 6) is 0.957. The second-order valence-electron chi connectivity index (χ2n) is 7.00. The summed E-state index contributed by atoms with van der Waals surface area (Å²) in [6.07, 6.45) is 3.83. The van der Waals surface area contributed by atoms with Crippen LogP contribution in [-0.4, -0.2) is 19.9 Å². The molecule has 2 aromatic heterocycles. The Morgan fingerprint density at radius 1 is 1.03 bits per heavy atom. The summed E-state index contributed by atoms with van der Waals surface area (Å²) in [7, 11) is 0. The largest absolute Gasteiger partial charge is 0.264 e. The van der Waals surface area contributed by atoms with Crippen molar-refractivity contribution < 1.29 is 0 Å². The number of aromatic nitrogens is 4. The molecule has 5 rings (SSSR count). The van der Waals surface area contributed by atoms with Crippen LogP contribution in [-0.2, 0) is 13.0 Å². The van der Waals surface area contributed by atoms with Gasteiger partial charge in [0, 0.05) is 29.4 Å². The van der Waals surface area contributed by atoms with Crippen LogP contribution in [0.2, 0.25) is 0 Å². The van der Waals surface area contributed by atoms with E-state index >= 15 is 0 Å². The lowest BCUT2D eigenvalue weighted by Crippen LogP contribution is -2.38. The van der Waals surface area contributed by atoms with E-state index in [0.29, 0.717) is 23.4 Å². The van der Waals surface area contributed by atoms with Crippen LogP contribution in [0.4, 0.5) is 11.6 Å². The number of pyridine rings is 1. The lowest BCUT2D eigenvalue weighted by atomic mass is 10.2. The van der Waals surface area contributed by atoms with Gasteiger partial charge in [0.2, 0.25) is 5.95 Å². The van der Waals surface area contributed by atoms with Gasteiger partial charge in [0.25, 0.3) is 0 Å². The van der Waals surface area contributed by atoms with Crippen LogP contribution in [0.5, 0.6) is 0 Å². The van der Waals surface area contributed by atoms with E-state index in [2.05, 4.69) is 42.9 Å². The Morgan fingerprint density at radius 3 is 2.72 bits per heavy atom. The summed E-state index contributed by atoms with van der Waals surface area (Å²) < 4.78 is 0. The smallest absolute Gasteiger partial charge is 0.247 e. The van der Waals surface area contributed by atoms with Gasteiger partial charge in [-0.3, -0.25) is 10.4 Å². The standard InChI is InChI=1S/C23H18N8S/c24-12-11-16-7-9-19(10-8-16)32-23-28-21(18-5-3-13-25-14-18)27-22(29-23)30-31-20-6-2-1-4-17(20)15-26-31/h1-10,13-14,26H,11,15H2,(H,27,28,29,30). The Bertz CT molecular complexity index is 1270. The summed E-state index contributed by atoms with van der Waals surface area (Å²) >= 11 is 1.44. The molecule has 1 aliphatic heterocycles. The number of hydrogen-bond acceptors (Lipinski definition) is 9. The van der Waals surface area contributed by atoms with Gasteiger partial charge >= 0.3 is 0 Å². The Labute approximate surface area is 189 Å². The maximum atomic E-state index is 8.87. The molecular formula is C23H18N8S. The van der Waals surface area contributed by atoms with Crippen molar-refractivity contribution in [2.75, 3.05) is 10.5 Å². The number of benzene rings is 2. The number of nitrogens with one attached hydrogen (secondary N) is 2. The van der Waals surface area contributed by atoms with Crippen molar-refractivity contribution in [3.8, 4) is 17.5 Å². The molecular weight excluding hydrogens is 420 g/mol. The van der Waals surface area contributed by atoms with Gasteiger partial charge in [-0.2, -0.15) is 15.2 Å². The zero-order valence-electron chi connectivity index (χ0n) is 16.9. The fourth-order valence-electron chi connectivity index (χ4n) is 3.28. The first kappa shape index (κ1) is 19.9. The second kappa shape index (κ2) is 9.01. The second-order valence-corrected chi connectivity index (χ2v) is 8.04. The van der Waals surface area contributed by atoms with E-state index in [-0.39, 0.29) is 0 Å². The van der Waals surface area contributed by atoms with Crippen molar-refractivity contribution in [1.82, 2.24) is 25.4 Å². The highest BCUT2D eigenvalue weighted by Gasteiger charge is 2.20. The van der Waals surface area contributed by atoms with Crippen LogP contribution in [0.3, 0.4) is 0 Å². The molecule has 0 amide bonds. The summed E-state index contributed by atoms with van der Waals surface area (Å²) in [6.45, 7) is 0.723. The van der Waals surface area contributed by atoms with Gasteiger partial charge < -0.3 is 0 Å². The van der Waals surface area contributed by atoms with Crippen LogP contribution in [0, 0.1) is 11.3 Å². The number of nitriles is 1. The molecule has 0 atom stereocenters. The molecule has 0 bridgehead atoms. The van der Waals surface area contributed by atoms with E-state index in [1.165, 1.54) is 17.3 Å². The maximum Gasteiger partial charge on any atom is 0.247 e. The van der Waals surface area contributed by atoms with E-state index in [1.807, 2.05) is 59.7 Å². The zero-order chi connectivity index (χ0) is 21.8. The SMILES string of the molecule is N#CCc1ccc(Sc2nc(NN3NCc4ccccc43)nc(-c3cccnc3)n2)cc1. The monoisotopic (exact) mass is 438 g/mol. The van der Waals surface area contributed by atoms with Crippen LogP contribution in [0.1, 0.15) is 11.1 Å². The number of anilines is 2. The molecule has 0 radical (unpaired) electrons. The van der Waals surface area contributed by atoms with Gasteiger partial charge in [-0.25, -0.2) is 15.5 Å². The quantitative estimate of drug-likeness (QED) is 0.462. The number of hydrogen-bond donors (Lipinski definition) is 2. The average molecular weight is 439 g/mol. The third-order valence-electron chi connectivity index (χ3n) is 4.82. The molecule has 0 aliphatic carbocycles. The van der Waals surface area contributed by atoms with Crippen LogP contribution < -0.4 is 16.0 Å². The van der Waals surface area contributed by atoms with Crippen molar-refractivity contribution in [1.29, 1.82) is 5.26 Å². The molecule has 8 nitrogen and oxygen atoms in total. The highest BCUT2D eigenvalue weighted by molar-refractivity contribution is 7.99. The number of para-hydroxylation sites is 1. The minimum Gasteiger partial charge on any atom is -0.264 e. The van der Waals surface area contributed by atoms with Crippen molar-refractivity contribution in [3.05, 3.63) is 84.2 Å². The van der Waals surface area contributed by atoms with Gasteiger partial charge in [-0.05, 0) is 53.2 Å². The third-order valence-corrected chi connectivity index (χ3v) is 5.70. The highest BCUT2D eigenvalue weighted by atomic mass is 32.2. The Balaban J connectivity index is 1.46. The molecule has 0 spiro atoms. The van der Waals surface area contributed by atoms with Crippen LogP contribution in [0.25, 0.3) is 11.4 Å². The molecule has 0 fully saturated rings. The predicted molar refractivity (Wildman–Crippen MR) is 122 cm³/mol.